The van der Waals surface area contributed by atoms with Gasteiger partial charge in [0.15, 0.2) is 0 Å². The smallest absolute Gasteiger partial charge is 0.317 e. The number of carbonyl (C=O) groups is 3. The van der Waals surface area contributed by atoms with Gasteiger partial charge in [0.1, 0.15) is 5.82 Å². The maximum atomic E-state index is 12.9. The molecule has 2 aromatic carbocycles. The van der Waals surface area contributed by atoms with Gasteiger partial charge in [-0.25, -0.2) is 9.78 Å². The van der Waals surface area contributed by atoms with Crippen molar-refractivity contribution >= 4 is 28.7 Å². The first kappa shape index (κ1) is 33.0. The Bertz CT molecular complexity index is 2060. The van der Waals surface area contributed by atoms with Gasteiger partial charge in [0, 0.05) is 100 Å². The molecule has 4 aromatic rings. The van der Waals surface area contributed by atoms with Gasteiger partial charge in [-0.3, -0.25) is 14.6 Å². The maximum absolute atomic E-state index is 12.9. The molecule has 51 heavy (non-hydrogen) atoms. The molecule has 0 aliphatic carbocycles. The molecule has 0 unspecified atom stereocenters. The summed E-state index contributed by atoms with van der Waals surface area (Å²) < 4.78 is 8.02. The number of imidazole rings is 1. The van der Waals surface area contributed by atoms with Crippen molar-refractivity contribution in [2.45, 2.75) is 70.5 Å². The number of fused-ring (bicyclic) bond motifs is 3. The molecule has 11 nitrogen and oxygen atoms in total. The van der Waals surface area contributed by atoms with E-state index in [4.69, 9.17) is 14.7 Å². The predicted octanol–water partition coefficient (Wildman–Crippen LogP) is 4.93. The number of hydrogen-bond acceptors (Lipinski definition) is 6. The van der Waals surface area contributed by atoms with Gasteiger partial charge in [-0.2, -0.15) is 0 Å². The van der Waals surface area contributed by atoms with Crippen molar-refractivity contribution < 1.29 is 19.1 Å². The minimum atomic E-state index is -0.0534. The van der Waals surface area contributed by atoms with Crippen molar-refractivity contribution in [3.05, 3.63) is 82.4 Å². The number of aromatic nitrogens is 3. The lowest BCUT2D eigenvalue weighted by Gasteiger charge is -2.32. The number of pyridine rings is 1. The summed E-state index contributed by atoms with van der Waals surface area (Å²) >= 11 is 0. The van der Waals surface area contributed by atoms with E-state index in [1.54, 1.807) is 6.92 Å². The van der Waals surface area contributed by atoms with E-state index in [1.807, 2.05) is 34.2 Å². The number of piperidine rings is 1. The Morgan fingerprint density at radius 1 is 0.980 bits per heavy atom. The zero-order valence-electron chi connectivity index (χ0n) is 29.0. The largest absolute Gasteiger partial charge is 0.381 e. The van der Waals surface area contributed by atoms with Gasteiger partial charge in [0.05, 0.1) is 23.4 Å². The summed E-state index contributed by atoms with van der Waals surface area (Å²) in [6.45, 7) is 7.51. The highest BCUT2D eigenvalue weighted by atomic mass is 16.5. The maximum Gasteiger partial charge on any atom is 0.317 e. The van der Waals surface area contributed by atoms with Crippen molar-refractivity contribution in [3.8, 4) is 23.1 Å². The van der Waals surface area contributed by atoms with Gasteiger partial charge in [-0.15, -0.1) is 0 Å². The molecule has 2 aromatic heterocycles. The van der Waals surface area contributed by atoms with Gasteiger partial charge in [-0.05, 0) is 67.0 Å². The lowest BCUT2D eigenvalue weighted by molar-refractivity contribution is -0.130. The second-order valence-electron chi connectivity index (χ2n) is 13.9. The Balaban J connectivity index is 0.922. The second kappa shape index (κ2) is 14.2. The van der Waals surface area contributed by atoms with Crippen LogP contribution in [0.5, 0.6) is 0 Å². The normalized spacial score (nSPS) is 17.8. The topological polar surface area (TPSA) is 122 Å². The second-order valence-corrected chi connectivity index (χ2v) is 13.9. The molecule has 2 saturated heterocycles. The van der Waals surface area contributed by atoms with Crippen molar-refractivity contribution in [1.82, 2.24) is 35.0 Å². The van der Waals surface area contributed by atoms with Crippen molar-refractivity contribution in [1.29, 1.82) is 0 Å². The van der Waals surface area contributed by atoms with Crippen LogP contribution >= 0.6 is 0 Å². The molecule has 4 amide bonds. The van der Waals surface area contributed by atoms with E-state index in [0.717, 1.165) is 90.2 Å². The molecule has 2 N–H and O–H groups in total. The fourth-order valence-electron chi connectivity index (χ4n) is 8.06. The number of benzene rings is 2. The average Bonchev–Trinajstić information content (AvgIpc) is 3.75. The van der Waals surface area contributed by atoms with E-state index in [1.165, 1.54) is 5.56 Å². The fourth-order valence-corrected chi connectivity index (χ4v) is 8.06. The first-order valence-corrected chi connectivity index (χ1v) is 18.2. The van der Waals surface area contributed by atoms with Crippen LogP contribution in [-0.4, -0.2) is 81.6 Å². The molecule has 0 atom stereocenters. The summed E-state index contributed by atoms with van der Waals surface area (Å²) in [6, 6.07) is 14.2. The minimum Gasteiger partial charge on any atom is -0.381 e. The van der Waals surface area contributed by atoms with E-state index in [-0.39, 0.29) is 17.8 Å². The third-order valence-corrected chi connectivity index (χ3v) is 10.9. The van der Waals surface area contributed by atoms with E-state index in [0.29, 0.717) is 63.1 Å². The zero-order chi connectivity index (χ0) is 34.9. The van der Waals surface area contributed by atoms with Gasteiger partial charge >= 0.3 is 6.03 Å². The Hall–Kier alpha value is -5.21. The quantitative estimate of drug-likeness (QED) is 0.227. The number of nitrogens with zero attached hydrogens (tertiary/aromatic N) is 5. The predicted molar refractivity (Wildman–Crippen MR) is 193 cm³/mol. The van der Waals surface area contributed by atoms with Gasteiger partial charge in [0.25, 0.3) is 5.91 Å². The minimum absolute atomic E-state index is 0.0524. The molecule has 0 bridgehead atoms. The Morgan fingerprint density at radius 3 is 2.65 bits per heavy atom. The van der Waals surface area contributed by atoms with Crippen LogP contribution in [0.25, 0.3) is 22.2 Å². The van der Waals surface area contributed by atoms with Crippen LogP contribution in [0.15, 0.2) is 48.7 Å². The van der Waals surface area contributed by atoms with Crippen molar-refractivity contribution in [2.75, 3.05) is 39.4 Å². The van der Waals surface area contributed by atoms with Crippen LogP contribution < -0.4 is 10.6 Å². The Kier molecular flexibility index (Phi) is 9.17. The SMILES string of the molecule is CC(=O)N1CCn2c(C3CCOCC3)nc(-c3ccnc4cc(C5CCN(C(=O)NCCC#Cc6cccc7c6CNC7=O)CC5)ccc34)c2C1. The van der Waals surface area contributed by atoms with Gasteiger partial charge in [-0.1, -0.05) is 30.0 Å². The molecule has 0 radical (unpaired) electrons. The van der Waals surface area contributed by atoms with Gasteiger partial charge in [0.2, 0.25) is 5.91 Å². The summed E-state index contributed by atoms with van der Waals surface area (Å²) in [7, 11) is 0. The number of hydrogen-bond donors (Lipinski definition) is 2. The number of carbonyl (C=O) groups excluding carboxylic acids is 3. The average molecular weight is 686 g/mol. The number of urea groups is 1. The lowest BCUT2D eigenvalue weighted by atomic mass is 9.88. The molecule has 262 valence electrons. The molecule has 4 aliphatic heterocycles. The standard InChI is InChI=1S/C40H43N7O4/c1-26(48)46-19-20-47-36(25-46)37(44-38(47)29-13-21-51-22-14-29)32-10-16-41-35-23-30(8-9-31(32)35)27-11-17-45(18-12-27)40(50)42-15-3-2-5-28-6-4-7-33-34(28)24-43-39(33)49/h4,6-10,16,23,27,29H,3,11-15,17-22,24-25H2,1H3,(H,42,50)(H,43,49). The number of rotatable bonds is 5. The molecule has 2 fully saturated rings. The van der Waals surface area contributed by atoms with Crippen LogP contribution in [0.2, 0.25) is 0 Å². The monoisotopic (exact) mass is 685 g/mol. The van der Waals surface area contributed by atoms with Crippen LogP contribution in [0, 0.1) is 11.8 Å². The van der Waals surface area contributed by atoms with E-state index >= 15 is 0 Å². The Labute approximate surface area is 297 Å². The highest BCUT2D eigenvalue weighted by Gasteiger charge is 2.31. The number of amides is 4. The summed E-state index contributed by atoms with van der Waals surface area (Å²) in [5.41, 5.74) is 7.78. The fraction of sp³-hybridized carbons (Fsp3) is 0.425. The van der Waals surface area contributed by atoms with E-state index < -0.39 is 0 Å². The highest BCUT2D eigenvalue weighted by Crippen LogP contribution is 2.38. The first-order valence-electron chi connectivity index (χ1n) is 18.2. The molecule has 0 spiro atoms. The summed E-state index contributed by atoms with van der Waals surface area (Å²) in [6.07, 6.45) is 6.09. The van der Waals surface area contributed by atoms with E-state index in [9.17, 15) is 14.4 Å². The molecular formula is C40H43N7O4. The first-order chi connectivity index (χ1) is 24.9. The zero-order valence-corrected chi connectivity index (χ0v) is 29.0. The van der Waals surface area contributed by atoms with Crippen LogP contribution in [0.3, 0.4) is 0 Å². The number of nitrogens with one attached hydrogen (secondary N) is 2. The molecule has 11 heteroatoms. The summed E-state index contributed by atoms with van der Waals surface area (Å²) in [4.78, 5) is 51.2. The van der Waals surface area contributed by atoms with Gasteiger partial charge < -0.3 is 29.7 Å². The summed E-state index contributed by atoms with van der Waals surface area (Å²) in [5.74, 6) is 8.15. The molecule has 6 heterocycles. The molecular weight excluding hydrogens is 642 g/mol. The lowest BCUT2D eigenvalue weighted by Crippen LogP contribution is -2.44. The van der Waals surface area contributed by atoms with Crippen LogP contribution in [0.4, 0.5) is 4.79 Å². The third kappa shape index (κ3) is 6.56. The van der Waals surface area contributed by atoms with Crippen LogP contribution in [-0.2, 0) is 29.2 Å². The molecule has 8 rings (SSSR count). The van der Waals surface area contributed by atoms with Crippen molar-refractivity contribution in [3.63, 3.8) is 0 Å². The molecule has 4 aliphatic rings. The van der Waals surface area contributed by atoms with Crippen LogP contribution in [0.1, 0.15) is 89.4 Å². The highest BCUT2D eigenvalue weighted by molar-refractivity contribution is 5.99. The van der Waals surface area contributed by atoms with E-state index in [2.05, 4.69) is 51.3 Å². The number of ether oxygens (including phenoxy) is 1. The third-order valence-electron chi connectivity index (χ3n) is 10.9. The Morgan fingerprint density at radius 2 is 1.82 bits per heavy atom. The molecule has 0 saturated carbocycles. The number of likely N-dealkylation sites (tertiary alicyclic amines) is 1. The summed E-state index contributed by atoms with van der Waals surface area (Å²) in [5, 5.41) is 6.92. The van der Waals surface area contributed by atoms with Crippen molar-refractivity contribution in [2.24, 2.45) is 0 Å².